The van der Waals surface area contributed by atoms with Crippen LogP contribution in [0.1, 0.15) is 32.3 Å². The maximum atomic E-state index is 5.78. The minimum absolute atomic E-state index is 0. The summed E-state index contributed by atoms with van der Waals surface area (Å²) in [6.07, 6.45) is 2.17. The van der Waals surface area contributed by atoms with Crippen LogP contribution in [0.5, 0.6) is 5.75 Å². The zero-order chi connectivity index (χ0) is 15.1. The van der Waals surface area contributed by atoms with E-state index in [4.69, 9.17) is 4.74 Å². The van der Waals surface area contributed by atoms with Crippen LogP contribution in [0.2, 0.25) is 0 Å². The van der Waals surface area contributed by atoms with Crippen molar-refractivity contribution in [3.05, 3.63) is 29.8 Å². The zero-order valence-corrected chi connectivity index (χ0v) is 16.1. The van der Waals surface area contributed by atoms with Crippen LogP contribution in [0.4, 0.5) is 0 Å². The first-order chi connectivity index (χ1) is 10.2. The lowest BCUT2D eigenvalue weighted by molar-refractivity contribution is 0.311. The lowest BCUT2D eigenvalue weighted by atomic mass is 10.2. The van der Waals surface area contributed by atoms with Gasteiger partial charge >= 0.3 is 0 Å². The molecule has 1 aromatic carbocycles. The van der Waals surface area contributed by atoms with Gasteiger partial charge in [-0.15, -0.1) is 24.0 Å². The van der Waals surface area contributed by atoms with Gasteiger partial charge in [0, 0.05) is 25.6 Å². The highest BCUT2D eigenvalue weighted by Gasteiger charge is 2.33. The van der Waals surface area contributed by atoms with Gasteiger partial charge in [0.2, 0.25) is 0 Å². The average Bonchev–Trinajstić information content (AvgIpc) is 3.16. The molecule has 4 nitrogen and oxygen atoms in total. The van der Waals surface area contributed by atoms with Crippen molar-refractivity contribution in [1.82, 2.24) is 10.6 Å². The molecule has 2 rings (SSSR count). The second-order valence-corrected chi connectivity index (χ2v) is 5.69. The van der Waals surface area contributed by atoms with Gasteiger partial charge < -0.3 is 15.4 Å². The number of nitrogens with zero attached hydrogens (tertiary/aromatic N) is 1. The van der Waals surface area contributed by atoms with E-state index in [2.05, 4.69) is 42.5 Å². The molecule has 1 aromatic rings. The van der Waals surface area contributed by atoms with E-state index in [1.54, 1.807) is 0 Å². The van der Waals surface area contributed by atoms with Crippen LogP contribution in [0, 0.1) is 12.8 Å². The van der Waals surface area contributed by atoms with Crippen LogP contribution in [-0.2, 0) is 0 Å². The largest absolute Gasteiger partial charge is 0.493 e. The number of hydrogen-bond acceptors (Lipinski definition) is 2. The Bertz CT molecular complexity index is 479. The number of benzene rings is 1. The van der Waals surface area contributed by atoms with Crippen LogP contribution in [0.25, 0.3) is 0 Å². The summed E-state index contributed by atoms with van der Waals surface area (Å²) in [4.78, 5) is 4.60. The maximum absolute atomic E-state index is 5.78. The Hall–Kier alpha value is -0.980. The fourth-order valence-electron chi connectivity index (χ4n) is 2.17. The minimum Gasteiger partial charge on any atom is -0.493 e. The third-order valence-electron chi connectivity index (χ3n) is 3.70. The number of ether oxygens (including phenoxy) is 1. The van der Waals surface area contributed by atoms with Gasteiger partial charge in [-0.1, -0.05) is 25.1 Å². The minimum atomic E-state index is 0. The smallest absolute Gasteiger partial charge is 0.191 e. The molecule has 0 amide bonds. The monoisotopic (exact) mass is 417 g/mol. The predicted molar refractivity (Wildman–Crippen MR) is 103 cm³/mol. The lowest BCUT2D eigenvalue weighted by Gasteiger charge is -2.11. The fourth-order valence-corrected chi connectivity index (χ4v) is 2.17. The molecule has 1 fully saturated rings. The molecule has 1 saturated carbocycles. The van der Waals surface area contributed by atoms with Crippen molar-refractivity contribution < 1.29 is 4.74 Å². The summed E-state index contributed by atoms with van der Waals surface area (Å²) in [5.41, 5.74) is 1.18. The van der Waals surface area contributed by atoms with E-state index in [1.807, 2.05) is 18.2 Å². The van der Waals surface area contributed by atoms with Gasteiger partial charge in [0.15, 0.2) is 5.96 Å². The van der Waals surface area contributed by atoms with E-state index >= 15 is 0 Å². The Balaban J connectivity index is 0.00000242. The first-order valence-electron chi connectivity index (χ1n) is 7.94. The molecule has 0 saturated heterocycles. The van der Waals surface area contributed by atoms with E-state index in [-0.39, 0.29) is 24.0 Å². The van der Waals surface area contributed by atoms with Crippen LogP contribution in [0.15, 0.2) is 29.3 Å². The standard InChI is InChI=1S/C17H27N3O.HI/c1-4-18-17(20-15-12-14(15)3)19-10-7-11-21-16-9-6-5-8-13(16)2;/h5-6,8-9,14-15H,4,7,10-12H2,1-3H3,(H2,18,19,20);1H. The second kappa shape index (κ2) is 9.92. The van der Waals surface area contributed by atoms with E-state index in [0.29, 0.717) is 12.6 Å². The number of nitrogens with one attached hydrogen (secondary N) is 2. The molecule has 2 N–H and O–H groups in total. The van der Waals surface area contributed by atoms with E-state index in [1.165, 1.54) is 12.0 Å². The lowest BCUT2D eigenvalue weighted by Crippen LogP contribution is -2.39. The van der Waals surface area contributed by atoms with Crippen LogP contribution >= 0.6 is 24.0 Å². The first-order valence-corrected chi connectivity index (χ1v) is 7.94. The zero-order valence-electron chi connectivity index (χ0n) is 13.8. The van der Waals surface area contributed by atoms with Gasteiger partial charge in [-0.2, -0.15) is 0 Å². The number of guanidine groups is 1. The van der Waals surface area contributed by atoms with Crippen molar-refractivity contribution in [2.45, 2.75) is 39.7 Å². The highest BCUT2D eigenvalue weighted by Crippen LogP contribution is 2.28. The molecule has 22 heavy (non-hydrogen) atoms. The van der Waals surface area contributed by atoms with Crippen molar-refractivity contribution in [3.63, 3.8) is 0 Å². The number of para-hydroxylation sites is 1. The third kappa shape index (κ3) is 6.42. The Morgan fingerprint density at radius 2 is 2.09 bits per heavy atom. The number of hydrogen-bond donors (Lipinski definition) is 2. The summed E-state index contributed by atoms with van der Waals surface area (Å²) in [6.45, 7) is 8.80. The quantitative estimate of drug-likeness (QED) is 0.310. The summed E-state index contributed by atoms with van der Waals surface area (Å²) in [6, 6.07) is 8.71. The molecule has 124 valence electrons. The SMILES string of the molecule is CCNC(=NCCCOc1ccccc1C)NC1CC1C.I. The highest BCUT2D eigenvalue weighted by molar-refractivity contribution is 14.0. The molecule has 2 atom stereocenters. The molecule has 5 heteroatoms. The molecule has 1 aliphatic carbocycles. The number of halogens is 1. The molecule has 2 unspecified atom stereocenters. The molecular formula is C17H28IN3O. The van der Waals surface area contributed by atoms with Gasteiger partial charge in [0.25, 0.3) is 0 Å². The van der Waals surface area contributed by atoms with Gasteiger partial charge in [-0.3, -0.25) is 4.99 Å². The Morgan fingerprint density at radius 1 is 1.36 bits per heavy atom. The molecular weight excluding hydrogens is 389 g/mol. The molecule has 0 spiro atoms. The van der Waals surface area contributed by atoms with Crippen molar-refractivity contribution in [2.75, 3.05) is 19.7 Å². The van der Waals surface area contributed by atoms with Crippen molar-refractivity contribution >= 4 is 29.9 Å². The summed E-state index contributed by atoms with van der Waals surface area (Å²) in [5, 5.41) is 6.75. The average molecular weight is 417 g/mol. The van der Waals surface area contributed by atoms with Crippen LogP contribution in [-0.4, -0.2) is 31.7 Å². The molecule has 0 aliphatic heterocycles. The van der Waals surface area contributed by atoms with Crippen molar-refractivity contribution in [1.29, 1.82) is 0 Å². The summed E-state index contributed by atoms with van der Waals surface area (Å²) < 4.78 is 5.78. The Labute approximate surface area is 151 Å². The normalized spacial score (nSPS) is 20.0. The van der Waals surface area contributed by atoms with E-state index in [0.717, 1.165) is 37.1 Å². The Kier molecular flexibility index (Phi) is 8.60. The predicted octanol–water partition coefficient (Wildman–Crippen LogP) is 3.35. The van der Waals surface area contributed by atoms with Gasteiger partial charge in [-0.25, -0.2) is 0 Å². The number of rotatable bonds is 7. The van der Waals surface area contributed by atoms with Crippen molar-refractivity contribution in [3.8, 4) is 5.75 Å². The molecule has 0 heterocycles. The fraction of sp³-hybridized carbons (Fsp3) is 0.588. The van der Waals surface area contributed by atoms with Crippen LogP contribution in [0.3, 0.4) is 0 Å². The summed E-state index contributed by atoms with van der Waals surface area (Å²) >= 11 is 0. The van der Waals surface area contributed by atoms with E-state index in [9.17, 15) is 0 Å². The van der Waals surface area contributed by atoms with Gasteiger partial charge in [0.05, 0.1) is 6.61 Å². The highest BCUT2D eigenvalue weighted by atomic mass is 127. The van der Waals surface area contributed by atoms with Crippen LogP contribution < -0.4 is 15.4 Å². The summed E-state index contributed by atoms with van der Waals surface area (Å²) in [7, 11) is 0. The van der Waals surface area contributed by atoms with Gasteiger partial charge in [-0.05, 0) is 37.8 Å². The first kappa shape index (κ1) is 19.1. The topological polar surface area (TPSA) is 45.7 Å². The summed E-state index contributed by atoms with van der Waals surface area (Å²) in [5.74, 6) is 2.68. The third-order valence-corrected chi connectivity index (χ3v) is 3.70. The molecule has 0 aromatic heterocycles. The molecule has 1 aliphatic rings. The van der Waals surface area contributed by atoms with Crippen molar-refractivity contribution in [2.24, 2.45) is 10.9 Å². The van der Waals surface area contributed by atoms with Gasteiger partial charge in [0.1, 0.15) is 5.75 Å². The Morgan fingerprint density at radius 3 is 2.73 bits per heavy atom. The van der Waals surface area contributed by atoms with E-state index < -0.39 is 0 Å². The molecule has 0 bridgehead atoms. The molecule has 0 radical (unpaired) electrons. The number of aliphatic imine (C=N–C) groups is 1. The number of aryl methyl sites for hydroxylation is 1. The maximum Gasteiger partial charge on any atom is 0.191 e. The second-order valence-electron chi connectivity index (χ2n) is 5.69.